The van der Waals surface area contributed by atoms with Gasteiger partial charge in [-0.15, -0.1) is 0 Å². The standard InChI is InChI=1S/C23H25NO4S/c1-4-29(26,27)16-19-11-20(21-10-17(2)23(25)24(3)14-21)13-22(12-19)28-15-18-8-6-5-7-9-18/h5-14H,4,15-16H2,1-3H3. The smallest absolute Gasteiger partial charge is 0.253 e. The van der Waals surface area contributed by atoms with E-state index in [2.05, 4.69) is 0 Å². The Balaban J connectivity index is 2.01. The van der Waals surface area contributed by atoms with Crippen LogP contribution in [0.4, 0.5) is 0 Å². The van der Waals surface area contributed by atoms with E-state index in [4.69, 9.17) is 4.74 Å². The highest BCUT2D eigenvalue weighted by molar-refractivity contribution is 7.90. The van der Waals surface area contributed by atoms with E-state index >= 15 is 0 Å². The first-order valence-corrected chi connectivity index (χ1v) is 11.3. The van der Waals surface area contributed by atoms with Gasteiger partial charge in [-0.05, 0) is 53.4 Å². The average Bonchev–Trinajstić information content (AvgIpc) is 2.70. The highest BCUT2D eigenvalue weighted by atomic mass is 32.2. The number of sulfone groups is 1. The Morgan fingerprint density at radius 2 is 1.69 bits per heavy atom. The van der Waals surface area contributed by atoms with Crippen LogP contribution in [0.25, 0.3) is 11.1 Å². The van der Waals surface area contributed by atoms with Crippen LogP contribution in [0, 0.1) is 6.92 Å². The summed E-state index contributed by atoms with van der Waals surface area (Å²) in [5.74, 6) is 0.624. The molecular weight excluding hydrogens is 386 g/mol. The monoisotopic (exact) mass is 411 g/mol. The normalized spacial score (nSPS) is 11.4. The zero-order valence-electron chi connectivity index (χ0n) is 16.9. The van der Waals surface area contributed by atoms with Crippen molar-refractivity contribution in [1.82, 2.24) is 4.57 Å². The van der Waals surface area contributed by atoms with Crippen molar-refractivity contribution in [2.24, 2.45) is 7.05 Å². The summed E-state index contributed by atoms with van der Waals surface area (Å²) in [4.78, 5) is 12.0. The van der Waals surface area contributed by atoms with E-state index < -0.39 is 9.84 Å². The maximum atomic E-state index is 12.2. The molecule has 3 aromatic rings. The molecule has 0 fully saturated rings. The van der Waals surface area contributed by atoms with Gasteiger partial charge >= 0.3 is 0 Å². The highest BCUT2D eigenvalue weighted by Gasteiger charge is 2.13. The van der Waals surface area contributed by atoms with E-state index in [0.29, 0.717) is 23.5 Å². The van der Waals surface area contributed by atoms with Crippen LogP contribution in [0.1, 0.15) is 23.6 Å². The fourth-order valence-corrected chi connectivity index (χ4v) is 4.01. The van der Waals surface area contributed by atoms with E-state index in [9.17, 15) is 13.2 Å². The minimum absolute atomic E-state index is 0.0518. The molecule has 0 aliphatic rings. The lowest BCUT2D eigenvalue weighted by Gasteiger charge is -2.13. The molecule has 0 atom stereocenters. The lowest BCUT2D eigenvalue weighted by atomic mass is 10.0. The quantitative estimate of drug-likeness (QED) is 0.592. The number of rotatable bonds is 7. The molecule has 1 aromatic heterocycles. The predicted octanol–water partition coefficient (Wildman–Crippen LogP) is 3.87. The van der Waals surface area contributed by atoms with Crippen molar-refractivity contribution in [3.8, 4) is 16.9 Å². The third-order valence-electron chi connectivity index (χ3n) is 4.74. The second kappa shape index (κ2) is 8.66. The molecule has 0 saturated carbocycles. The molecule has 0 unspecified atom stereocenters. The van der Waals surface area contributed by atoms with Gasteiger partial charge in [-0.3, -0.25) is 4.79 Å². The summed E-state index contributed by atoms with van der Waals surface area (Å²) >= 11 is 0. The number of hydrogen-bond donors (Lipinski definition) is 0. The fourth-order valence-electron chi connectivity index (χ4n) is 3.13. The zero-order chi connectivity index (χ0) is 21.0. The zero-order valence-corrected chi connectivity index (χ0v) is 17.7. The van der Waals surface area contributed by atoms with Crippen molar-refractivity contribution in [2.75, 3.05) is 5.75 Å². The van der Waals surface area contributed by atoms with Crippen molar-refractivity contribution in [3.63, 3.8) is 0 Å². The number of aromatic nitrogens is 1. The Morgan fingerprint density at radius 1 is 0.966 bits per heavy atom. The number of nitrogens with zero attached hydrogens (tertiary/aromatic N) is 1. The molecule has 1 heterocycles. The third kappa shape index (κ3) is 5.35. The maximum absolute atomic E-state index is 12.2. The van der Waals surface area contributed by atoms with Gasteiger partial charge in [0.05, 0.1) is 5.75 Å². The van der Waals surface area contributed by atoms with Crippen LogP contribution in [-0.2, 0) is 29.2 Å². The Labute approximate surface area is 171 Å². The summed E-state index contributed by atoms with van der Waals surface area (Å²) in [6.07, 6.45) is 1.75. The Hall–Kier alpha value is -2.86. The van der Waals surface area contributed by atoms with Gasteiger partial charge in [0.2, 0.25) is 0 Å². The molecule has 29 heavy (non-hydrogen) atoms. The molecule has 3 rings (SSSR count). The van der Waals surface area contributed by atoms with Crippen molar-refractivity contribution in [1.29, 1.82) is 0 Å². The molecule has 0 N–H and O–H groups in total. The molecule has 2 aromatic carbocycles. The van der Waals surface area contributed by atoms with Crippen LogP contribution in [0.2, 0.25) is 0 Å². The molecule has 0 spiro atoms. The second-order valence-corrected chi connectivity index (χ2v) is 9.50. The second-order valence-electron chi connectivity index (χ2n) is 7.14. The summed E-state index contributed by atoms with van der Waals surface area (Å²) in [5, 5.41) is 0. The Morgan fingerprint density at radius 3 is 2.34 bits per heavy atom. The van der Waals surface area contributed by atoms with Gasteiger partial charge in [0.15, 0.2) is 9.84 Å². The minimum atomic E-state index is -3.19. The molecular formula is C23H25NO4S. The van der Waals surface area contributed by atoms with Crippen molar-refractivity contribution < 1.29 is 13.2 Å². The van der Waals surface area contributed by atoms with Gasteiger partial charge in [-0.1, -0.05) is 37.3 Å². The lowest BCUT2D eigenvalue weighted by Crippen LogP contribution is -2.18. The van der Waals surface area contributed by atoms with Gasteiger partial charge < -0.3 is 9.30 Å². The first kappa shape index (κ1) is 20.9. The molecule has 5 nitrogen and oxygen atoms in total. The summed E-state index contributed by atoms with van der Waals surface area (Å²) in [6.45, 7) is 3.79. The topological polar surface area (TPSA) is 65.4 Å². The van der Waals surface area contributed by atoms with Crippen LogP contribution in [0.3, 0.4) is 0 Å². The maximum Gasteiger partial charge on any atom is 0.253 e. The number of aryl methyl sites for hydroxylation is 2. The Bertz CT molecular complexity index is 1140. The molecule has 0 saturated heterocycles. The van der Waals surface area contributed by atoms with Crippen LogP contribution < -0.4 is 10.3 Å². The first-order valence-electron chi connectivity index (χ1n) is 9.46. The van der Waals surface area contributed by atoms with Crippen LogP contribution in [-0.4, -0.2) is 18.7 Å². The van der Waals surface area contributed by atoms with Gasteiger partial charge in [0.1, 0.15) is 12.4 Å². The molecule has 6 heteroatoms. The number of hydrogen-bond acceptors (Lipinski definition) is 4. The number of benzene rings is 2. The molecule has 0 radical (unpaired) electrons. The van der Waals surface area contributed by atoms with Crippen molar-refractivity contribution >= 4 is 9.84 Å². The van der Waals surface area contributed by atoms with Gasteiger partial charge in [-0.25, -0.2) is 8.42 Å². The van der Waals surface area contributed by atoms with E-state index in [1.807, 2.05) is 48.5 Å². The lowest BCUT2D eigenvalue weighted by molar-refractivity contribution is 0.306. The molecule has 0 aliphatic heterocycles. The van der Waals surface area contributed by atoms with Gasteiger partial charge in [0, 0.05) is 24.6 Å². The van der Waals surface area contributed by atoms with E-state index in [-0.39, 0.29) is 17.1 Å². The summed E-state index contributed by atoms with van der Waals surface area (Å²) in [6, 6.07) is 17.1. The summed E-state index contributed by atoms with van der Waals surface area (Å²) in [7, 11) is -1.48. The molecule has 0 amide bonds. The Kier molecular flexibility index (Phi) is 6.23. The number of ether oxygens (including phenoxy) is 1. The van der Waals surface area contributed by atoms with Crippen molar-refractivity contribution in [2.45, 2.75) is 26.2 Å². The number of pyridine rings is 1. The third-order valence-corrected chi connectivity index (χ3v) is 6.39. The van der Waals surface area contributed by atoms with Gasteiger partial charge in [0.25, 0.3) is 5.56 Å². The van der Waals surface area contributed by atoms with Crippen LogP contribution >= 0.6 is 0 Å². The van der Waals surface area contributed by atoms with Gasteiger partial charge in [-0.2, -0.15) is 0 Å². The average molecular weight is 412 g/mol. The SMILES string of the molecule is CCS(=O)(=O)Cc1cc(OCc2ccccc2)cc(-c2cc(C)c(=O)n(C)c2)c1. The molecule has 152 valence electrons. The first-order chi connectivity index (χ1) is 13.8. The summed E-state index contributed by atoms with van der Waals surface area (Å²) < 4.78 is 31.8. The van der Waals surface area contributed by atoms with Crippen LogP contribution in [0.5, 0.6) is 5.75 Å². The molecule has 0 aliphatic carbocycles. The predicted molar refractivity (Wildman–Crippen MR) is 116 cm³/mol. The van der Waals surface area contributed by atoms with Crippen molar-refractivity contribution in [3.05, 3.63) is 87.8 Å². The van der Waals surface area contributed by atoms with E-state index in [0.717, 1.165) is 16.7 Å². The molecule has 0 bridgehead atoms. The highest BCUT2D eigenvalue weighted by Crippen LogP contribution is 2.28. The summed E-state index contributed by atoms with van der Waals surface area (Å²) in [5.41, 5.74) is 3.92. The minimum Gasteiger partial charge on any atom is -0.489 e. The van der Waals surface area contributed by atoms with Crippen LogP contribution in [0.15, 0.2) is 65.6 Å². The fraction of sp³-hybridized carbons (Fsp3) is 0.261. The largest absolute Gasteiger partial charge is 0.489 e. The van der Waals surface area contributed by atoms with E-state index in [1.165, 1.54) is 4.57 Å². The van der Waals surface area contributed by atoms with E-state index in [1.54, 1.807) is 33.2 Å².